The van der Waals surface area contributed by atoms with Crippen LogP contribution in [0.4, 0.5) is 13.2 Å². The average molecular weight is 433 g/mol. The second kappa shape index (κ2) is 8.55. The molecule has 8 heteroatoms. The lowest BCUT2D eigenvalue weighted by Gasteiger charge is -2.15. The van der Waals surface area contributed by atoms with Crippen LogP contribution in [0.5, 0.6) is 11.5 Å². The van der Waals surface area contributed by atoms with Crippen molar-refractivity contribution in [3.05, 3.63) is 57.6 Å². The summed E-state index contributed by atoms with van der Waals surface area (Å²) in [6.07, 6.45) is -5.12. The summed E-state index contributed by atoms with van der Waals surface area (Å²) >= 11 is 3.26. The molecule has 140 valence electrons. The first-order valence-electron chi connectivity index (χ1n) is 7.67. The van der Waals surface area contributed by atoms with Gasteiger partial charge < -0.3 is 14.6 Å². The molecule has 0 saturated heterocycles. The third-order valence-corrected chi connectivity index (χ3v) is 3.94. The summed E-state index contributed by atoms with van der Waals surface area (Å²) in [6.45, 7) is 1.35. The second-order valence-corrected chi connectivity index (χ2v) is 6.23. The van der Waals surface area contributed by atoms with Crippen LogP contribution in [0.15, 0.2) is 40.9 Å². The van der Waals surface area contributed by atoms with Crippen LogP contribution < -0.4 is 4.74 Å². The summed E-state index contributed by atoms with van der Waals surface area (Å²) in [5, 5.41) is 9.39. The van der Waals surface area contributed by atoms with Gasteiger partial charge in [0.1, 0.15) is 11.5 Å². The van der Waals surface area contributed by atoms with Crippen molar-refractivity contribution in [2.24, 2.45) is 0 Å². The summed E-state index contributed by atoms with van der Waals surface area (Å²) in [5.74, 6) is -0.332. The van der Waals surface area contributed by atoms with Crippen molar-refractivity contribution < 1.29 is 32.5 Å². The molecule has 0 atom stereocenters. The molecule has 0 aliphatic carbocycles. The van der Waals surface area contributed by atoms with E-state index >= 15 is 0 Å². The first-order valence-corrected chi connectivity index (χ1v) is 8.46. The molecule has 0 radical (unpaired) electrons. The number of halogens is 4. The monoisotopic (exact) mass is 432 g/mol. The topological polar surface area (TPSA) is 55.8 Å². The van der Waals surface area contributed by atoms with Gasteiger partial charge in [-0.3, -0.25) is 4.79 Å². The van der Waals surface area contributed by atoms with Crippen LogP contribution in [0.3, 0.4) is 0 Å². The lowest BCUT2D eigenvalue weighted by atomic mass is 10.0. The first kappa shape index (κ1) is 20.3. The molecule has 1 N–H and O–H groups in total. The van der Waals surface area contributed by atoms with E-state index in [-0.39, 0.29) is 24.5 Å². The molecule has 4 nitrogen and oxygen atoms in total. The molecular formula is C18H16BrF3O4. The van der Waals surface area contributed by atoms with Crippen LogP contribution in [0.1, 0.15) is 23.6 Å². The lowest BCUT2D eigenvalue weighted by molar-refractivity contribution is -0.143. The Labute approximate surface area is 156 Å². The largest absolute Gasteiger partial charge is 0.466 e. The van der Waals surface area contributed by atoms with E-state index in [1.54, 1.807) is 25.1 Å². The number of rotatable bonds is 6. The van der Waals surface area contributed by atoms with Crippen LogP contribution in [-0.4, -0.2) is 17.7 Å². The fourth-order valence-corrected chi connectivity index (χ4v) is 2.73. The Hall–Kier alpha value is -2.06. The number of aliphatic hydroxyl groups excluding tert-OH is 1. The first-order chi connectivity index (χ1) is 12.2. The van der Waals surface area contributed by atoms with Gasteiger partial charge in [0.05, 0.1) is 25.2 Å². The quantitative estimate of drug-likeness (QED) is 0.662. The Morgan fingerprint density at radius 1 is 1.15 bits per heavy atom. The number of hydrogen-bond donors (Lipinski definition) is 1. The molecule has 26 heavy (non-hydrogen) atoms. The van der Waals surface area contributed by atoms with E-state index in [0.29, 0.717) is 11.3 Å². The van der Waals surface area contributed by atoms with E-state index in [4.69, 9.17) is 9.47 Å². The van der Waals surface area contributed by atoms with Crippen molar-refractivity contribution in [3.8, 4) is 11.5 Å². The van der Waals surface area contributed by atoms with Crippen LogP contribution >= 0.6 is 15.9 Å². The molecule has 0 aliphatic heterocycles. The van der Waals surface area contributed by atoms with Crippen molar-refractivity contribution in [1.82, 2.24) is 0 Å². The number of aliphatic hydroxyl groups is 1. The molecule has 2 aromatic rings. The summed E-state index contributed by atoms with van der Waals surface area (Å²) in [6, 6.07) is 8.08. The number of hydrogen-bond acceptors (Lipinski definition) is 4. The summed E-state index contributed by atoms with van der Waals surface area (Å²) < 4.78 is 50.6. The predicted octanol–water partition coefficient (Wildman–Crippen LogP) is 4.86. The highest BCUT2D eigenvalue weighted by Crippen LogP contribution is 2.36. The summed E-state index contributed by atoms with van der Waals surface area (Å²) in [7, 11) is 0. The molecule has 0 heterocycles. The van der Waals surface area contributed by atoms with Gasteiger partial charge in [-0.05, 0) is 48.9 Å². The summed E-state index contributed by atoms with van der Waals surface area (Å²) in [4.78, 5) is 11.6. The Kier molecular flexibility index (Phi) is 6.66. The zero-order valence-corrected chi connectivity index (χ0v) is 15.4. The van der Waals surface area contributed by atoms with E-state index in [1.165, 1.54) is 6.07 Å². The minimum Gasteiger partial charge on any atom is -0.466 e. The fourth-order valence-electron chi connectivity index (χ4n) is 2.32. The lowest BCUT2D eigenvalue weighted by Crippen LogP contribution is -2.14. The minimum atomic E-state index is -4.60. The molecule has 0 saturated carbocycles. The molecule has 0 fully saturated rings. The third-order valence-electron chi connectivity index (χ3n) is 3.44. The van der Waals surface area contributed by atoms with E-state index in [9.17, 15) is 23.1 Å². The van der Waals surface area contributed by atoms with Crippen molar-refractivity contribution in [2.45, 2.75) is 26.1 Å². The van der Waals surface area contributed by atoms with Crippen molar-refractivity contribution in [1.29, 1.82) is 0 Å². The maximum Gasteiger partial charge on any atom is 0.416 e. The van der Waals surface area contributed by atoms with E-state index in [2.05, 4.69) is 15.9 Å². The van der Waals surface area contributed by atoms with Gasteiger partial charge in [0.2, 0.25) is 0 Å². The van der Waals surface area contributed by atoms with Crippen LogP contribution in [0.2, 0.25) is 0 Å². The molecule has 2 rings (SSSR count). The van der Waals surface area contributed by atoms with Gasteiger partial charge >= 0.3 is 12.1 Å². The number of benzene rings is 2. The number of carbonyl (C=O) groups excluding carboxylic acids is 1. The van der Waals surface area contributed by atoms with E-state index < -0.39 is 24.1 Å². The maximum atomic E-state index is 13.2. The maximum absolute atomic E-state index is 13.2. The standard InChI is InChI=1S/C18H16BrF3O4/c1-2-25-17(24)9-11-8-14(4-5-15(11)18(20,21)22)26-16-6-3-13(19)7-12(16)10-23/h3-8,23H,2,9-10H2,1H3. The Morgan fingerprint density at radius 2 is 1.88 bits per heavy atom. The Balaban J connectivity index is 2.37. The highest BCUT2D eigenvalue weighted by molar-refractivity contribution is 9.10. The second-order valence-electron chi connectivity index (χ2n) is 5.31. The van der Waals surface area contributed by atoms with Gasteiger partial charge in [0.25, 0.3) is 0 Å². The zero-order chi connectivity index (χ0) is 19.3. The summed E-state index contributed by atoms with van der Waals surface area (Å²) in [5.41, 5.74) is -0.696. The van der Waals surface area contributed by atoms with Crippen LogP contribution in [0, 0.1) is 0 Å². The Morgan fingerprint density at radius 3 is 2.50 bits per heavy atom. The van der Waals surface area contributed by atoms with Gasteiger partial charge in [-0.25, -0.2) is 0 Å². The van der Waals surface area contributed by atoms with Crippen molar-refractivity contribution in [2.75, 3.05) is 6.61 Å². The smallest absolute Gasteiger partial charge is 0.416 e. The molecule has 0 aromatic heterocycles. The number of carbonyl (C=O) groups is 1. The van der Waals surface area contributed by atoms with Gasteiger partial charge in [-0.2, -0.15) is 13.2 Å². The molecule has 0 unspecified atom stereocenters. The van der Waals surface area contributed by atoms with Gasteiger partial charge in [0, 0.05) is 10.0 Å². The highest BCUT2D eigenvalue weighted by atomic mass is 79.9. The average Bonchev–Trinajstić information content (AvgIpc) is 2.55. The minimum absolute atomic E-state index is 0.0785. The molecule has 0 bridgehead atoms. The molecule has 0 amide bonds. The zero-order valence-electron chi connectivity index (χ0n) is 13.8. The molecular weight excluding hydrogens is 417 g/mol. The van der Waals surface area contributed by atoms with Gasteiger partial charge in [-0.1, -0.05) is 15.9 Å². The molecule has 2 aromatic carbocycles. The number of esters is 1. The molecule has 0 spiro atoms. The predicted molar refractivity (Wildman–Crippen MR) is 91.9 cm³/mol. The number of ether oxygens (including phenoxy) is 2. The van der Waals surface area contributed by atoms with Crippen molar-refractivity contribution >= 4 is 21.9 Å². The van der Waals surface area contributed by atoms with Gasteiger partial charge in [0.15, 0.2) is 0 Å². The van der Waals surface area contributed by atoms with Crippen LogP contribution in [0.25, 0.3) is 0 Å². The normalized spacial score (nSPS) is 11.3. The molecule has 0 aliphatic rings. The van der Waals surface area contributed by atoms with Crippen molar-refractivity contribution in [3.63, 3.8) is 0 Å². The van der Waals surface area contributed by atoms with Crippen LogP contribution in [-0.2, 0) is 28.7 Å². The van der Waals surface area contributed by atoms with E-state index in [1.807, 2.05) is 0 Å². The third kappa shape index (κ3) is 5.22. The highest BCUT2D eigenvalue weighted by Gasteiger charge is 2.34. The van der Waals surface area contributed by atoms with Gasteiger partial charge in [-0.15, -0.1) is 0 Å². The Bertz CT molecular complexity index is 790. The van der Waals surface area contributed by atoms with E-state index in [0.717, 1.165) is 16.6 Å². The number of alkyl halides is 3. The fraction of sp³-hybridized carbons (Fsp3) is 0.278. The SMILES string of the molecule is CCOC(=O)Cc1cc(Oc2ccc(Br)cc2CO)ccc1C(F)(F)F.